The highest BCUT2D eigenvalue weighted by molar-refractivity contribution is 7.18. The SMILES string of the molecule is Cc1cccc(C)c1C(=O)Nc1nnc(-c2ccccc2)s1. The van der Waals surface area contributed by atoms with Crippen LogP contribution in [0.2, 0.25) is 0 Å². The molecule has 2 aromatic carbocycles. The molecular weight excluding hydrogens is 294 g/mol. The Balaban J connectivity index is 1.82. The Bertz CT molecular complexity index is 792. The summed E-state index contributed by atoms with van der Waals surface area (Å²) in [6.07, 6.45) is 0. The lowest BCUT2D eigenvalue weighted by molar-refractivity contribution is 0.102. The van der Waals surface area contributed by atoms with Crippen molar-refractivity contribution in [3.63, 3.8) is 0 Å². The first-order valence-corrected chi connectivity index (χ1v) is 7.73. The average molecular weight is 309 g/mol. The van der Waals surface area contributed by atoms with Gasteiger partial charge in [0.25, 0.3) is 5.91 Å². The van der Waals surface area contributed by atoms with Gasteiger partial charge < -0.3 is 0 Å². The maximum Gasteiger partial charge on any atom is 0.258 e. The smallest absolute Gasteiger partial charge is 0.258 e. The van der Waals surface area contributed by atoms with Crippen LogP contribution in [0.5, 0.6) is 0 Å². The molecule has 0 saturated carbocycles. The average Bonchev–Trinajstić information content (AvgIpc) is 2.96. The Morgan fingerprint density at radius 3 is 2.32 bits per heavy atom. The minimum atomic E-state index is -0.147. The number of aryl methyl sites for hydroxylation is 2. The molecule has 0 aliphatic heterocycles. The van der Waals surface area contributed by atoms with Gasteiger partial charge in [-0.1, -0.05) is 59.9 Å². The first-order valence-electron chi connectivity index (χ1n) is 6.91. The van der Waals surface area contributed by atoms with Crippen LogP contribution in [-0.2, 0) is 0 Å². The molecule has 1 amide bonds. The molecule has 0 aliphatic rings. The highest BCUT2D eigenvalue weighted by atomic mass is 32.1. The largest absolute Gasteiger partial charge is 0.296 e. The quantitative estimate of drug-likeness (QED) is 0.793. The standard InChI is InChI=1S/C17H15N3OS/c1-11-7-6-8-12(2)14(11)15(21)18-17-20-19-16(22-17)13-9-4-3-5-10-13/h3-10H,1-2H3,(H,18,20,21). The number of hydrogen-bond acceptors (Lipinski definition) is 4. The van der Waals surface area contributed by atoms with Crippen molar-refractivity contribution in [1.82, 2.24) is 10.2 Å². The molecule has 1 heterocycles. The van der Waals surface area contributed by atoms with Gasteiger partial charge in [-0.25, -0.2) is 0 Å². The van der Waals surface area contributed by atoms with E-state index in [1.807, 2.05) is 62.4 Å². The van der Waals surface area contributed by atoms with E-state index >= 15 is 0 Å². The Hall–Kier alpha value is -2.53. The summed E-state index contributed by atoms with van der Waals surface area (Å²) in [7, 11) is 0. The van der Waals surface area contributed by atoms with Crippen molar-refractivity contribution in [1.29, 1.82) is 0 Å². The molecule has 3 aromatic rings. The van der Waals surface area contributed by atoms with E-state index in [0.717, 1.165) is 21.7 Å². The van der Waals surface area contributed by atoms with Gasteiger partial charge in [-0.15, -0.1) is 10.2 Å². The summed E-state index contributed by atoms with van der Waals surface area (Å²) in [5.41, 5.74) is 3.59. The summed E-state index contributed by atoms with van der Waals surface area (Å²) >= 11 is 1.37. The second kappa shape index (κ2) is 6.07. The van der Waals surface area contributed by atoms with Crippen LogP contribution in [0.1, 0.15) is 21.5 Å². The van der Waals surface area contributed by atoms with Crippen molar-refractivity contribution < 1.29 is 4.79 Å². The van der Waals surface area contributed by atoms with Gasteiger partial charge in [-0.3, -0.25) is 10.1 Å². The molecule has 0 spiro atoms. The van der Waals surface area contributed by atoms with E-state index in [-0.39, 0.29) is 5.91 Å². The van der Waals surface area contributed by atoms with Crippen LogP contribution < -0.4 is 5.32 Å². The third-order valence-electron chi connectivity index (χ3n) is 3.37. The van der Waals surface area contributed by atoms with Gasteiger partial charge in [0.2, 0.25) is 5.13 Å². The predicted molar refractivity (Wildman–Crippen MR) is 89.2 cm³/mol. The van der Waals surface area contributed by atoms with E-state index in [1.54, 1.807) is 0 Å². The zero-order chi connectivity index (χ0) is 15.5. The van der Waals surface area contributed by atoms with Crippen LogP contribution in [0.3, 0.4) is 0 Å². The molecule has 1 N–H and O–H groups in total. The maximum atomic E-state index is 12.4. The number of rotatable bonds is 3. The Kier molecular flexibility index (Phi) is 3.98. The number of nitrogens with zero attached hydrogens (tertiary/aromatic N) is 2. The molecule has 4 nitrogen and oxygen atoms in total. The van der Waals surface area contributed by atoms with Crippen LogP contribution in [-0.4, -0.2) is 16.1 Å². The lowest BCUT2D eigenvalue weighted by atomic mass is 10.0. The molecule has 3 rings (SSSR count). The topological polar surface area (TPSA) is 54.9 Å². The van der Waals surface area contributed by atoms with Crippen molar-refractivity contribution in [2.75, 3.05) is 5.32 Å². The Morgan fingerprint density at radius 1 is 0.955 bits per heavy atom. The molecule has 0 saturated heterocycles. The zero-order valence-corrected chi connectivity index (χ0v) is 13.1. The van der Waals surface area contributed by atoms with E-state index in [1.165, 1.54) is 11.3 Å². The highest BCUT2D eigenvalue weighted by Crippen LogP contribution is 2.26. The molecule has 0 bridgehead atoms. The van der Waals surface area contributed by atoms with Gasteiger partial charge >= 0.3 is 0 Å². The van der Waals surface area contributed by atoms with Gasteiger partial charge in [0.15, 0.2) is 0 Å². The zero-order valence-electron chi connectivity index (χ0n) is 12.3. The third kappa shape index (κ3) is 2.89. The van der Waals surface area contributed by atoms with Gasteiger partial charge in [-0.05, 0) is 25.0 Å². The van der Waals surface area contributed by atoms with Crippen LogP contribution in [0.15, 0.2) is 48.5 Å². The molecule has 0 radical (unpaired) electrons. The molecule has 0 atom stereocenters. The minimum Gasteiger partial charge on any atom is -0.296 e. The second-order valence-corrected chi connectivity index (χ2v) is 5.98. The summed E-state index contributed by atoms with van der Waals surface area (Å²) in [6, 6.07) is 15.6. The van der Waals surface area contributed by atoms with Gasteiger partial charge in [0.1, 0.15) is 5.01 Å². The second-order valence-electron chi connectivity index (χ2n) is 5.00. The van der Waals surface area contributed by atoms with Gasteiger partial charge in [0, 0.05) is 11.1 Å². The van der Waals surface area contributed by atoms with Crippen LogP contribution >= 0.6 is 11.3 Å². The molecule has 5 heteroatoms. The lowest BCUT2D eigenvalue weighted by Crippen LogP contribution is -2.14. The molecule has 22 heavy (non-hydrogen) atoms. The van der Waals surface area contributed by atoms with Crippen LogP contribution in [0.4, 0.5) is 5.13 Å². The summed E-state index contributed by atoms with van der Waals surface area (Å²) < 4.78 is 0. The van der Waals surface area contributed by atoms with Gasteiger partial charge in [-0.2, -0.15) is 0 Å². The summed E-state index contributed by atoms with van der Waals surface area (Å²) in [5, 5.41) is 12.3. The lowest BCUT2D eigenvalue weighted by Gasteiger charge is -2.08. The molecule has 1 aromatic heterocycles. The molecule has 0 unspecified atom stereocenters. The summed E-state index contributed by atoms with van der Waals surface area (Å²) in [5.74, 6) is -0.147. The summed E-state index contributed by atoms with van der Waals surface area (Å²) in [4.78, 5) is 12.4. The number of nitrogens with one attached hydrogen (secondary N) is 1. The normalized spacial score (nSPS) is 10.5. The monoisotopic (exact) mass is 309 g/mol. The number of carbonyl (C=O) groups is 1. The van der Waals surface area contributed by atoms with E-state index in [9.17, 15) is 4.79 Å². The third-order valence-corrected chi connectivity index (χ3v) is 4.26. The molecule has 0 fully saturated rings. The number of benzene rings is 2. The van der Waals surface area contributed by atoms with E-state index in [0.29, 0.717) is 10.7 Å². The fraction of sp³-hybridized carbons (Fsp3) is 0.118. The minimum absolute atomic E-state index is 0.147. The fourth-order valence-corrected chi connectivity index (χ4v) is 3.05. The summed E-state index contributed by atoms with van der Waals surface area (Å²) in [6.45, 7) is 3.86. The number of hydrogen-bond donors (Lipinski definition) is 1. The van der Waals surface area contributed by atoms with Crippen LogP contribution in [0.25, 0.3) is 10.6 Å². The van der Waals surface area contributed by atoms with Crippen LogP contribution in [0, 0.1) is 13.8 Å². The van der Waals surface area contributed by atoms with E-state index < -0.39 is 0 Å². The molecular formula is C17H15N3OS. The van der Waals surface area contributed by atoms with Crippen molar-refractivity contribution >= 4 is 22.4 Å². The van der Waals surface area contributed by atoms with Crippen molar-refractivity contribution in [2.45, 2.75) is 13.8 Å². The van der Waals surface area contributed by atoms with Crippen molar-refractivity contribution in [2.24, 2.45) is 0 Å². The number of anilines is 1. The number of aromatic nitrogens is 2. The van der Waals surface area contributed by atoms with E-state index in [4.69, 9.17) is 0 Å². The molecule has 0 aliphatic carbocycles. The number of carbonyl (C=O) groups excluding carboxylic acids is 1. The predicted octanol–water partition coefficient (Wildman–Crippen LogP) is 4.07. The Morgan fingerprint density at radius 2 is 1.64 bits per heavy atom. The maximum absolute atomic E-state index is 12.4. The fourth-order valence-electron chi connectivity index (χ4n) is 2.30. The van der Waals surface area contributed by atoms with E-state index in [2.05, 4.69) is 15.5 Å². The first kappa shape index (κ1) is 14.4. The van der Waals surface area contributed by atoms with Crippen molar-refractivity contribution in [3.8, 4) is 10.6 Å². The molecule has 110 valence electrons. The first-order chi connectivity index (χ1) is 10.6. The van der Waals surface area contributed by atoms with Crippen molar-refractivity contribution in [3.05, 3.63) is 65.2 Å². The highest BCUT2D eigenvalue weighted by Gasteiger charge is 2.14. The number of amides is 1. The Labute approximate surface area is 132 Å². The van der Waals surface area contributed by atoms with Gasteiger partial charge in [0.05, 0.1) is 0 Å².